The molecule has 136 valence electrons. The lowest BCUT2D eigenvalue weighted by molar-refractivity contribution is 0.119. The van der Waals surface area contributed by atoms with Gasteiger partial charge in [0.15, 0.2) is 0 Å². The number of unbranched alkanes of at least 4 members (excludes halogenated alkanes) is 1. The van der Waals surface area contributed by atoms with Crippen LogP contribution in [0.1, 0.15) is 49.8 Å². The minimum absolute atomic E-state index is 0. The van der Waals surface area contributed by atoms with Gasteiger partial charge in [0, 0.05) is 19.1 Å². The fourth-order valence-corrected chi connectivity index (χ4v) is 3.97. The summed E-state index contributed by atoms with van der Waals surface area (Å²) in [4.78, 5) is 2.65. The molecule has 0 aliphatic carbocycles. The molecule has 2 nitrogen and oxygen atoms in total. The van der Waals surface area contributed by atoms with E-state index in [0.717, 1.165) is 19.5 Å². The van der Waals surface area contributed by atoms with Crippen LogP contribution in [-0.4, -0.2) is 24.0 Å². The van der Waals surface area contributed by atoms with E-state index >= 15 is 0 Å². The summed E-state index contributed by atoms with van der Waals surface area (Å²) < 4.78 is 0. The van der Waals surface area contributed by atoms with Crippen molar-refractivity contribution in [3.8, 4) is 0 Å². The Morgan fingerprint density at radius 2 is 1.56 bits per heavy atom. The van der Waals surface area contributed by atoms with Crippen LogP contribution in [0, 0.1) is 5.92 Å². The first kappa shape index (κ1) is 20.0. The molecular formula is C22H31ClN2. The highest BCUT2D eigenvalue weighted by Crippen LogP contribution is 2.33. The second-order valence-corrected chi connectivity index (χ2v) is 7.07. The van der Waals surface area contributed by atoms with E-state index in [1.165, 1.54) is 30.4 Å². The van der Waals surface area contributed by atoms with Gasteiger partial charge >= 0.3 is 0 Å². The Kier molecular flexibility index (Phi) is 7.95. The van der Waals surface area contributed by atoms with Gasteiger partial charge in [-0.3, -0.25) is 4.90 Å². The number of hydrogen-bond acceptors (Lipinski definition) is 2. The number of nitrogens with zero attached hydrogens (tertiary/aromatic N) is 1. The van der Waals surface area contributed by atoms with Crippen LogP contribution in [0.25, 0.3) is 0 Å². The van der Waals surface area contributed by atoms with Crippen LogP contribution in [0.5, 0.6) is 0 Å². The summed E-state index contributed by atoms with van der Waals surface area (Å²) in [6.45, 7) is 4.46. The Bertz CT molecular complexity index is 562. The van der Waals surface area contributed by atoms with Gasteiger partial charge in [0.1, 0.15) is 0 Å². The van der Waals surface area contributed by atoms with Gasteiger partial charge in [-0.15, -0.1) is 12.4 Å². The van der Waals surface area contributed by atoms with Crippen molar-refractivity contribution in [2.24, 2.45) is 11.7 Å². The van der Waals surface area contributed by atoms with E-state index in [9.17, 15) is 0 Å². The maximum absolute atomic E-state index is 6.43. The first-order valence-electron chi connectivity index (χ1n) is 9.39. The largest absolute Gasteiger partial charge is 0.327 e. The van der Waals surface area contributed by atoms with Crippen LogP contribution in [0.4, 0.5) is 0 Å². The van der Waals surface area contributed by atoms with Crippen molar-refractivity contribution >= 4 is 12.4 Å². The molecule has 2 atom stereocenters. The number of benzene rings is 2. The van der Waals surface area contributed by atoms with E-state index in [2.05, 4.69) is 72.5 Å². The zero-order chi connectivity index (χ0) is 16.8. The first-order chi connectivity index (χ1) is 11.8. The molecule has 0 radical (unpaired) electrons. The van der Waals surface area contributed by atoms with Gasteiger partial charge in [-0.05, 0) is 29.9 Å². The highest BCUT2D eigenvalue weighted by Gasteiger charge is 2.31. The van der Waals surface area contributed by atoms with Crippen LogP contribution in [0.3, 0.4) is 0 Å². The molecule has 1 aliphatic rings. The monoisotopic (exact) mass is 358 g/mol. The molecule has 3 rings (SSSR count). The number of piperidine rings is 1. The Hall–Kier alpha value is -1.35. The lowest BCUT2D eigenvalue weighted by Gasteiger charge is -2.41. The summed E-state index contributed by atoms with van der Waals surface area (Å²) >= 11 is 0. The van der Waals surface area contributed by atoms with Crippen molar-refractivity contribution in [2.45, 2.75) is 44.7 Å². The molecule has 2 aromatic rings. The zero-order valence-electron chi connectivity index (χ0n) is 15.2. The molecule has 1 aliphatic heterocycles. The molecule has 0 unspecified atom stereocenters. The normalized spacial score (nSPS) is 21.1. The van der Waals surface area contributed by atoms with Crippen molar-refractivity contribution in [3.63, 3.8) is 0 Å². The lowest BCUT2D eigenvalue weighted by atomic mass is 9.86. The Morgan fingerprint density at radius 1 is 1.00 bits per heavy atom. The lowest BCUT2D eigenvalue weighted by Crippen LogP contribution is -2.48. The molecule has 3 heteroatoms. The van der Waals surface area contributed by atoms with Gasteiger partial charge < -0.3 is 5.73 Å². The predicted molar refractivity (Wildman–Crippen MR) is 109 cm³/mol. The smallest absolute Gasteiger partial charge is 0.0601 e. The van der Waals surface area contributed by atoms with Gasteiger partial charge in [-0.25, -0.2) is 0 Å². The molecule has 1 saturated heterocycles. The van der Waals surface area contributed by atoms with Crippen LogP contribution < -0.4 is 5.73 Å². The summed E-state index contributed by atoms with van der Waals surface area (Å²) in [7, 11) is 0. The minimum atomic E-state index is 0. The number of hydrogen-bond donors (Lipinski definition) is 1. The molecule has 2 aromatic carbocycles. The van der Waals surface area contributed by atoms with Crippen LogP contribution in [0.2, 0.25) is 0 Å². The SMILES string of the molecule is CCCC[C@@H]1CN(C(c2ccccc2)c2ccccc2)CC[C@@H]1N.Cl. The van der Waals surface area contributed by atoms with E-state index < -0.39 is 0 Å². The molecule has 1 heterocycles. The number of likely N-dealkylation sites (tertiary alicyclic amines) is 1. The fourth-order valence-electron chi connectivity index (χ4n) is 3.97. The van der Waals surface area contributed by atoms with Crippen molar-refractivity contribution in [1.29, 1.82) is 0 Å². The molecule has 0 saturated carbocycles. The number of nitrogens with two attached hydrogens (primary N) is 1. The molecule has 25 heavy (non-hydrogen) atoms. The van der Waals surface area contributed by atoms with Crippen molar-refractivity contribution < 1.29 is 0 Å². The molecule has 1 fully saturated rings. The van der Waals surface area contributed by atoms with Gasteiger partial charge in [-0.1, -0.05) is 80.4 Å². The Morgan fingerprint density at radius 3 is 2.08 bits per heavy atom. The average Bonchev–Trinajstić information content (AvgIpc) is 2.64. The Balaban J connectivity index is 0.00000225. The summed E-state index contributed by atoms with van der Waals surface area (Å²) in [5.74, 6) is 0.619. The molecule has 0 bridgehead atoms. The van der Waals surface area contributed by atoms with Gasteiger partial charge in [0.25, 0.3) is 0 Å². The van der Waals surface area contributed by atoms with E-state index in [-0.39, 0.29) is 12.4 Å². The van der Waals surface area contributed by atoms with Gasteiger partial charge in [-0.2, -0.15) is 0 Å². The molecule has 0 amide bonds. The van der Waals surface area contributed by atoms with Gasteiger partial charge in [0.2, 0.25) is 0 Å². The third-order valence-corrected chi connectivity index (χ3v) is 5.35. The average molecular weight is 359 g/mol. The second-order valence-electron chi connectivity index (χ2n) is 7.07. The second kappa shape index (κ2) is 9.96. The third kappa shape index (κ3) is 5.07. The standard InChI is InChI=1S/C22H30N2.ClH/c1-2-3-10-20-17-24(16-15-21(20)23)22(18-11-6-4-7-12-18)19-13-8-5-9-14-19;/h4-9,11-14,20-22H,2-3,10,15-17,23H2,1H3;1H/t20-,21+;/m1./s1. The summed E-state index contributed by atoms with van der Waals surface area (Å²) in [6.07, 6.45) is 4.90. The summed E-state index contributed by atoms with van der Waals surface area (Å²) in [5.41, 5.74) is 9.20. The highest BCUT2D eigenvalue weighted by molar-refractivity contribution is 5.85. The van der Waals surface area contributed by atoms with E-state index in [0.29, 0.717) is 18.0 Å². The third-order valence-electron chi connectivity index (χ3n) is 5.35. The summed E-state index contributed by atoms with van der Waals surface area (Å²) in [5, 5.41) is 0. The Labute approximate surface area is 158 Å². The van der Waals surface area contributed by atoms with Crippen molar-refractivity contribution in [3.05, 3.63) is 71.8 Å². The first-order valence-corrected chi connectivity index (χ1v) is 9.39. The molecule has 0 aromatic heterocycles. The summed E-state index contributed by atoms with van der Waals surface area (Å²) in [6, 6.07) is 22.5. The van der Waals surface area contributed by atoms with Crippen molar-refractivity contribution in [1.82, 2.24) is 4.90 Å². The maximum atomic E-state index is 6.43. The van der Waals surface area contributed by atoms with Gasteiger partial charge in [0.05, 0.1) is 6.04 Å². The quantitative estimate of drug-likeness (QED) is 0.784. The van der Waals surface area contributed by atoms with Crippen LogP contribution >= 0.6 is 12.4 Å². The zero-order valence-corrected chi connectivity index (χ0v) is 16.0. The van der Waals surface area contributed by atoms with Crippen LogP contribution in [-0.2, 0) is 0 Å². The van der Waals surface area contributed by atoms with E-state index in [1.807, 2.05) is 0 Å². The molecular weight excluding hydrogens is 328 g/mol. The minimum Gasteiger partial charge on any atom is -0.327 e. The van der Waals surface area contributed by atoms with E-state index in [4.69, 9.17) is 5.73 Å². The molecule has 0 spiro atoms. The van der Waals surface area contributed by atoms with Crippen LogP contribution in [0.15, 0.2) is 60.7 Å². The maximum Gasteiger partial charge on any atom is 0.0601 e. The predicted octanol–water partition coefficient (Wildman–Crippen LogP) is 5.04. The highest BCUT2D eigenvalue weighted by atomic mass is 35.5. The van der Waals surface area contributed by atoms with E-state index in [1.54, 1.807) is 0 Å². The fraction of sp³-hybridized carbons (Fsp3) is 0.455. The molecule has 2 N–H and O–H groups in total. The number of halogens is 1. The topological polar surface area (TPSA) is 29.3 Å². The number of rotatable bonds is 6. The van der Waals surface area contributed by atoms with Crippen molar-refractivity contribution in [2.75, 3.05) is 13.1 Å².